The number of phosphoric ester groups is 1. The minimum atomic E-state index is -5.29. The molecule has 0 saturated carbocycles. The molecule has 0 bridgehead atoms. The van der Waals surface area contributed by atoms with Gasteiger partial charge in [-0.15, -0.1) is 0 Å². The highest BCUT2D eigenvalue weighted by Crippen LogP contribution is 2.42. The number of aliphatic hydroxyl groups is 3. The van der Waals surface area contributed by atoms with Crippen LogP contribution in [0.2, 0.25) is 0 Å². The fourth-order valence-electron chi connectivity index (χ4n) is 8.52. The van der Waals surface area contributed by atoms with E-state index in [1.807, 2.05) is 0 Å². The number of esters is 2. The molecule has 0 aliphatic carbocycles. The van der Waals surface area contributed by atoms with Crippen molar-refractivity contribution >= 4 is 25.7 Å². The van der Waals surface area contributed by atoms with Crippen molar-refractivity contribution in [2.45, 2.75) is 288 Å². The molecule has 1 aliphatic heterocycles. The van der Waals surface area contributed by atoms with Crippen molar-refractivity contribution in [3.8, 4) is 0 Å². The van der Waals surface area contributed by atoms with Crippen LogP contribution in [0.4, 0.5) is 0 Å². The topological polar surface area (TPSA) is 218 Å². The second-order valence-electron chi connectivity index (χ2n) is 18.4. The fourth-order valence-corrected chi connectivity index (χ4v) is 9.10. The zero-order chi connectivity index (χ0) is 47.3. The van der Waals surface area contributed by atoms with Crippen molar-refractivity contribution in [3.05, 3.63) is 0 Å². The van der Waals surface area contributed by atoms with Crippen molar-refractivity contribution < 1.29 is 62.8 Å². The summed E-state index contributed by atoms with van der Waals surface area (Å²) in [6.45, 7) is 5.73. The van der Waals surface area contributed by atoms with Crippen molar-refractivity contribution in [3.63, 3.8) is 0 Å². The third-order valence-corrected chi connectivity index (χ3v) is 12.8. The second-order valence-corrected chi connectivity index (χ2v) is 19.6. The van der Waals surface area contributed by atoms with Gasteiger partial charge in [-0.3, -0.25) is 18.9 Å². The number of phosphoric acid groups is 1. The fraction of sp³-hybridized carbons (Fsp3) is 0.939. The Morgan fingerprint density at radius 2 is 1.02 bits per heavy atom. The van der Waals surface area contributed by atoms with Gasteiger partial charge in [0, 0.05) is 6.42 Å². The van der Waals surface area contributed by atoms with Crippen LogP contribution in [0.5, 0.6) is 0 Å². The van der Waals surface area contributed by atoms with E-state index in [0.717, 1.165) is 70.6 Å². The number of unbranched alkanes of at least 4 members (excludes halogenated alkanes) is 27. The molecule has 1 rings (SSSR count). The molecule has 1 heterocycles. The van der Waals surface area contributed by atoms with Gasteiger partial charge in [0.2, 0.25) is 5.91 Å². The highest BCUT2D eigenvalue weighted by Gasteiger charge is 2.51. The molecule has 0 aromatic carbocycles. The maximum atomic E-state index is 13.7. The van der Waals surface area contributed by atoms with Gasteiger partial charge in [-0.05, 0) is 25.7 Å². The molecule has 1 amide bonds. The van der Waals surface area contributed by atoms with E-state index >= 15 is 0 Å². The van der Waals surface area contributed by atoms with Crippen LogP contribution in [0.25, 0.3) is 0 Å². The molecule has 1 fully saturated rings. The molecular weight excluding hydrogens is 842 g/mol. The molecule has 6 N–H and O–H groups in total. The number of hydrogen-bond donors (Lipinski definition) is 6. The Kier molecular flexibility index (Phi) is 37.1. The first-order valence-electron chi connectivity index (χ1n) is 25.9. The largest absolute Gasteiger partial charge is 0.470 e. The van der Waals surface area contributed by atoms with E-state index in [4.69, 9.17) is 18.7 Å². The van der Waals surface area contributed by atoms with Crippen LogP contribution in [0.1, 0.15) is 245 Å². The van der Waals surface area contributed by atoms with Gasteiger partial charge in [-0.1, -0.05) is 201 Å². The summed E-state index contributed by atoms with van der Waals surface area (Å²) in [4.78, 5) is 59.6. The summed E-state index contributed by atoms with van der Waals surface area (Å²) >= 11 is 0. The molecular formula is C49H94NO13P. The van der Waals surface area contributed by atoms with E-state index in [2.05, 4.69) is 26.1 Å². The van der Waals surface area contributed by atoms with Crippen molar-refractivity contribution in [2.24, 2.45) is 0 Å². The lowest BCUT2D eigenvalue weighted by Gasteiger charge is -2.43. The van der Waals surface area contributed by atoms with Crippen LogP contribution in [-0.2, 0) is 37.7 Å². The van der Waals surface area contributed by atoms with Crippen molar-refractivity contribution in [1.82, 2.24) is 5.32 Å². The summed E-state index contributed by atoms with van der Waals surface area (Å²) in [7, 11) is -5.29. The molecule has 0 unspecified atom stereocenters. The molecule has 7 atom stereocenters. The first-order chi connectivity index (χ1) is 30.8. The van der Waals surface area contributed by atoms with Crippen LogP contribution in [0.15, 0.2) is 0 Å². The van der Waals surface area contributed by atoms with Gasteiger partial charge in [0.1, 0.15) is 24.4 Å². The normalized spacial score (nSPS) is 19.9. The molecule has 15 heteroatoms. The number of amides is 1. The van der Waals surface area contributed by atoms with Gasteiger partial charge < -0.3 is 44.6 Å². The monoisotopic (exact) mass is 936 g/mol. The highest BCUT2D eigenvalue weighted by atomic mass is 31.2. The number of carbonyl (C=O) groups is 3. The predicted octanol–water partition coefficient (Wildman–Crippen LogP) is 10.6. The van der Waals surface area contributed by atoms with Gasteiger partial charge in [0.25, 0.3) is 0 Å². The summed E-state index contributed by atoms with van der Waals surface area (Å²) < 4.78 is 34.1. The third-order valence-electron chi connectivity index (χ3n) is 12.3. The predicted molar refractivity (Wildman–Crippen MR) is 251 cm³/mol. The maximum Gasteiger partial charge on any atom is 0.470 e. The molecule has 64 heavy (non-hydrogen) atoms. The maximum absolute atomic E-state index is 13.7. The van der Waals surface area contributed by atoms with Crippen LogP contribution in [-0.4, -0.2) is 92.4 Å². The van der Waals surface area contributed by atoms with E-state index in [1.54, 1.807) is 0 Å². The van der Waals surface area contributed by atoms with Gasteiger partial charge in [-0.2, -0.15) is 0 Å². The van der Waals surface area contributed by atoms with Crippen LogP contribution in [0, 0.1) is 0 Å². The number of nitrogens with one attached hydrogen (secondary N) is 1. The molecule has 0 radical (unpaired) electrons. The van der Waals surface area contributed by atoms with Gasteiger partial charge in [0.05, 0.1) is 25.6 Å². The van der Waals surface area contributed by atoms with E-state index < -0.39 is 75.1 Å². The summed E-state index contributed by atoms with van der Waals surface area (Å²) in [5.41, 5.74) is 0. The zero-order valence-corrected chi connectivity index (χ0v) is 41.3. The van der Waals surface area contributed by atoms with Gasteiger partial charge in [-0.25, -0.2) is 4.57 Å². The van der Waals surface area contributed by atoms with Crippen molar-refractivity contribution in [2.75, 3.05) is 6.61 Å². The lowest BCUT2D eigenvalue weighted by Crippen LogP contribution is -2.65. The van der Waals surface area contributed by atoms with Crippen LogP contribution >= 0.6 is 7.82 Å². The van der Waals surface area contributed by atoms with E-state index in [1.165, 1.54) is 109 Å². The lowest BCUT2D eigenvalue weighted by atomic mass is 9.96. The quantitative estimate of drug-likeness (QED) is 0.0191. The lowest BCUT2D eigenvalue weighted by molar-refractivity contribution is -0.256. The molecule has 0 aromatic rings. The number of hydrogen-bond acceptors (Lipinski definition) is 11. The average molecular weight is 936 g/mol. The highest BCUT2D eigenvalue weighted by molar-refractivity contribution is 7.46. The molecule has 14 nitrogen and oxygen atoms in total. The van der Waals surface area contributed by atoms with Gasteiger partial charge in [0.15, 0.2) is 12.4 Å². The Bertz CT molecular complexity index is 1210. The number of ether oxygens (including phenoxy) is 3. The Morgan fingerprint density at radius 1 is 0.594 bits per heavy atom. The summed E-state index contributed by atoms with van der Waals surface area (Å²) in [6.07, 6.45) is 25.0. The van der Waals surface area contributed by atoms with Crippen LogP contribution in [0.3, 0.4) is 0 Å². The zero-order valence-electron chi connectivity index (χ0n) is 40.4. The van der Waals surface area contributed by atoms with Crippen molar-refractivity contribution in [1.29, 1.82) is 0 Å². The Morgan fingerprint density at radius 3 is 1.45 bits per heavy atom. The summed E-state index contributed by atoms with van der Waals surface area (Å²) in [6, 6.07) is -1.58. The SMILES string of the molecule is CCCCCCCCCCCCCCC(=O)O[C@H](CCCCCCCCCCC)CC(=O)O[C@@H]1[C@@H](NC(=O)C[C@H](O)CCCCCCCCCCC)[C@H](O)O[C@H](CO)[C@H]1OP(=O)(O)O. The number of aliphatic hydroxyl groups excluding tert-OH is 3. The molecule has 1 saturated heterocycles. The van der Waals surface area contributed by atoms with E-state index in [-0.39, 0.29) is 19.3 Å². The standard InChI is InChI=1S/C49H94NO13P/c1-4-7-10-13-16-19-20-21-24-27-30-33-36-44(54)60-41(35-32-29-26-23-18-15-12-9-6-3)38-45(55)62-48-46(49(56)61-42(39-51)47(48)63-64(57,58)59)50-43(53)37-40(52)34-31-28-25-22-17-14-11-8-5-2/h40-42,46-49,51-52,56H,4-39H2,1-3H3,(H,50,53)(H2,57,58,59)/t40-,41-,42-,46-,47-,48-,49-/m1/s1. The number of rotatable bonds is 43. The first kappa shape index (κ1) is 60.4. The minimum absolute atomic E-state index is 0.211. The van der Waals surface area contributed by atoms with E-state index in [9.17, 15) is 44.1 Å². The van der Waals surface area contributed by atoms with Crippen LogP contribution < -0.4 is 5.32 Å². The Labute approximate surface area is 387 Å². The molecule has 0 aromatic heterocycles. The van der Waals surface area contributed by atoms with E-state index in [0.29, 0.717) is 25.7 Å². The molecule has 1 aliphatic rings. The third kappa shape index (κ3) is 32.1. The molecule has 0 spiro atoms. The van der Waals surface area contributed by atoms with Gasteiger partial charge >= 0.3 is 19.8 Å². The minimum Gasteiger partial charge on any atom is -0.462 e. The second kappa shape index (κ2) is 39.4. The summed E-state index contributed by atoms with van der Waals surface area (Å²) in [5.74, 6) is -2.06. The smallest absolute Gasteiger partial charge is 0.462 e. The first-order valence-corrected chi connectivity index (χ1v) is 27.4. The Balaban J connectivity index is 2.92. The summed E-state index contributed by atoms with van der Waals surface area (Å²) in [5, 5.41) is 34.2. The average Bonchev–Trinajstić information content (AvgIpc) is 3.24. The Hall–Kier alpha value is -1.64. The molecule has 378 valence electrons. The number of carbonyl (C=O) groups excluding carboxylic acids is 3.